The summed E-state index contributed by atoms with van der Waals surface area (Å²) in [5.41, 5.74) is 0. The monoisotopic (exact) mass is 192 g/mol. The molecule has 2 fully saturated rings. The van der Waals surface area contributed by atoms with Crippen LogP contribution in [0.15, 0.2) is 0 Å². The summed E-state index contributed by atoms with van der Waals surface area (Å²) in [5, 5.41) is 7.87. The van der Waals surface area contributed by atoms with Crippen molar-refractivity contribution < 1.29 is 0 Å². The van der Waals surface area contributed by atoms with E-state index in [1.165, 1.54) is 25.1 Å². The smallest absolute Gasteiger partial charge is 0.155 e. The molecule has 0 aromatic carbocycles. The average molecular weight is 192 g/mol. The first-order valence-corrected chi connectivity index (χ1v) is 5.46. The van der Waals surface area contributed by atoms with E-state index in [0.29, 0.717) is 11.8 Å². The number of aryl methyl sites for hydroxylation is 1. The van der Waals surface area contributed by atoms with Gasteiger partial charge < -0.3 is 5.32 Å². The summed E-state index contributed by atoms with van der Waals surface area (Å²) in [4.78, 5) is 4.67. The van der Waals surface area contributed by atoms with E-state index < -0.39 is 0 Å². The van der Waals surface area contributed by atoms with E-state index in [4.69, 9.17) is 0 Å². The Morgan fingerprint density at radius 1 is 1.29 bits per heavy atom. The standard InChI is InChI=1S/C10H16N4/c1-14-10(7-2-3-7)12-9(13-14)8-4-5-11-6-8/h7-8,11H,2-6H2,1H3. The summed E-state index contributed by atoms with van der Waals surface area (Å²) >= 11 is 0. The van der Waals surface area contributed by atoms with Crippen LogP contribution in [0.1, 0.15) is 42.7 Å². The van der Waals surface area contributed by atoms with Crippen LogP contribution in [-0.4, -0.2) is 27.9 Å². The Morgan fingerprint density at radius 3 is 2.79 bits per heavy atom. The van der Waals surface area contributed by atoms with Crippen LogP contribution in [0.5, 0.6) is 0 Å². The van der Waals surface area contributed by atoms with Gasteiger partial charge in [-0.15, -0.1) is 0 Å². The predicted octanol–water partition coefficient (Wildman–Crippen LogP) is 0.769. The zero-order valence-corrected chi connectivity index (χ0v) is 8.53. The molecule has 1 N–H and O–H groups in total. The molecule has 1 saturated carbocycles. The molecule has 3 rings (SSSR count). The van der Waals surface area contributed by atoms with E-state index in [-0.39, 0.29) is 0 Å². The number of hydrogen-bond acceptors (Lipinski definition) is 3. The number of aromatic nitrogens is 3. The van der Waals surface area contributed by atoms with Gasteiger partial charge in [-0.05, 0) is 25.8 Å². The zero-order chi connectivity index (χ0) is 9.54. The molecule has 4 heteroatoms. The minimum absolute atomic E-state index is 0.550. The average Bonchev–Trinajstić information content (AvgIpc) is 2.75. The summed E-state index contributed by atoms with van der Waals surface area (Å²) in [6.45, 7) is 2.16. The molecule has 1 aliphatic heterocycles. The van der Waals surface area contributed by atoms with Crippen LogP contribution in [0.25, 0.3) is 0 Å². The van der Waals surface area contributed by atoms with Crippen molar-refractivity contribution in [1.82, 2.24) is 20.1 Å². The van der Waals surface area contributed by atoms with Gasteiger partial charge in [0.1, 0.15) is 5.82 Å². The van der Waals surface area contributed by atoms with Gasteiger partial charge in [0.2, 0.25) is 0 Å². The van der Waals surface area contributed by atoms with Gasteiger partial charge >= 0.3 is 0 Å². The van der Waals surface area contributed by atoms with Crippen molar-refractivity contribution in [3.05, 3.63) is 11.6 Å². The molecule has 2 heterocycles. The van der Waals surface area contributed by atoms with E-state index in [1.54, 1.807) is 0 Å². The maximum absolute atomic E-state index is 4.67. The minimum Gasteiger partial charge on any atom is -0.316 e. The van der Waals surface area contributed by atoms with Gasteiger partial charge in [-0.25, -0.2) is 4.98 Å². The molecular weight excluding hydrogens is 176 g/mol. The molecule has 0 amide bonds. The Bertz CT molecular complexity index is 334. The molecule has 1 aromatic heterocycles. The Hall–Kier alpha value is -0.900. The van der Waals surface area contributed by atoms with Crippen LogP contribution in [0.3, 0.4) is 0 Å². The molecule has 1 aliphatic carbocycles. The van der Waals surface area contributed by atoms with E-state index in [0.717, 1.165) is 18.9 Å². The highest BCUT2D eigenvalue weighted by Crippen LogP contribution is 2.39. The van der Waals surface area contributed by atoms with Crippen LogP contribution in [0, 0.1) is 0 Å². The molecule has 76 valence electrons. The summed E-state index contributed by atoms with van der Waals surface area (Å²) < 4.78 is 1.98. The third-order valence-corrected chi connectivity index (χ3v) is 3.18. The van der Waals surface area contributed by atoms with Crippen LogP contribution in [-0.2, 0) is 7.05 Å². The van der Waals surface area contributed by atoms with Crippen molar-refractivity contribution in [2.75, 3.05) is 13.1 Å². The molecular formula is C10H16N4. The third-order valence-electron chi connectivity index (χ3n) is 3.18. The van der Waals surface area contributed by atoms with Crippen molar-refractivity contribution >= 4 is 0 Å². The maximum Gasteiger partial charge on any atom is 0.155 e. The fraction of sp³-hybridized carbons (Fsp3) is 0.800. The topological polar surface area (TPSA) is 42.7 Å². The highest BCUT2D eigenvalue weighted by atomic mass is 15.3. The lowest BCUT2D eigenvalue weighted by Crippen LogP contribution is -2.09. The van der Waals surface area contributed by atoms with Crippen molar-refractivity contribution in [1.29, 1.82) is 0 Å². The molecule has 0 bridgehead atoms. The van der Waals surface area contributed by atoms with Gasteiger partial charge in [-0.2, -0.15) is 5.10 Å². The summed E-state index contributed by atoms with van der Waals surface area (Å²) in [6.07, 6.45) is 3.79. The number of rotatable bonds is 2. The maximum atomic E-state index is 4.67. The van der Waals surface area contributed by atoms with E-state index >= 15 is 0 Å². The Morgan fingerprint density at radius 2 is 2.14 bits per heavy atom. The largest absolute Gasteiger partial charge is 0.316 e. The summed E-state index contributed by atoms with van der Waals surface area (Å²) in [6, 6.07) is 0. The normalized spacial score (nSPS) is 27.1. The van der Waals surface area contributed by atoms with Crippen molar-refractivity contribution in [2.24, 2.45) is 7.05 Å². The highest BCUT2D eigenvalue weighted by Gasteiger charge is 2.30. The molecule has 0 spiro atoms. The fourth-order valence-electron chi connectivity index (χ4n) is 2.16. The first-order valence-electron chi connectivity index (χ1n) is 5.46. The SMILES string of the molecule is Cn1nc(C2CCNC2)nc1C1CC1. The van der Waals surface area contributed by atoms with Crippen molar-refractivity contribution in [2.45, 2.75) is 31.1 Å². The number of nitrogens with one attached hydrogen (secondary N) is 1. The number of hydrogen-bond donors (Lipinski definition) is 1. The second kappa shape index (κ2) is 3.05. The van der Waals surface area contributed by atoms with Gasteiger partial charge in [0.25, 0.3) is 0 Å². The van der Waals surface area contributed by atoms with Gasteiger partial charge in [0.15, 0.2) is 5.82 Å². The molecule has 1 unspecified atom stereocenters. The van der Waals surface area contributed by atoms with Crippen LogP contribution in [0.2, 0.25) is 0 Å². The van der Waals surface area contributed by atoms with Gasteiger partial charge in [0.05, 0.1) is 0 Å². The quantitative estimate of drug-likeness (QED) is 0.752. The van der Waals surface area contributed by atoms with Crippen LogP contribution < -0.4 is 5.32 Å². The highest BCUT2D eigenvalue weighted by molar-refractivity contribution is 5.10. The lowest BCUT2D eigenvalue weighted by molar-refractivity contribution is 0.662. The first-order chi connectivity index (χ1) is 6.84. The summed E-state index contributed by atoms with van der Waals surface area (Å²) in [5.74, 6) is 3.51. The molecule has 14 heavy (non-hydrogen) atoms. The second-order valence-corrected chi connectivity index (χ2v) is 4.42. The van der Waals surface area contributed by atoms with Crippen LogP contribution >= 0.6 is 0 Å². The molecule has 1 saturated heterocycles. The van der Waals surface area contributed by atoms with E-state index in [2.05, 4.69) is 15.4 Å². The first kappa shape index (κ1) is 8.41. The molecule has 1 aromatic rings. The molecule has 4 nitrogen and oxygen atoms in total. The minimum atomic E-state index is 0.550. The number of nitrogens with zero attached hydrogens (tertiary/aromatic N) is 3. The molecule has 2 aliphatic rings. The van der Waals surface area contributed by atoms with Crippen molar-refractivity contribution in [3.63, 3.8) is 0 Å². The third kappa shape index (κ3) is 1.34. The van der Waals surface area contributed by atoms with Crippen molar-refractivity contribution in [3.8, 4) is 0 Å². The fourth-order valence-corrected chi connectivity index (χ4v) is 2.16. The Labute approximate surface area is 83.7 Å². The van der Waals surface area contributed by atoms with Crippen LogP contribution in [0.4, 0.5) is 0 Å². The Kier molecular flexibility index (Phi) is 1.83. The lowest BCUT2D eigenvalue weighted by Gasteiger charge is -1.99. The molecule has 1 atom stereocenters. The molecule has 0 radical (unpaired) electrons. The Balaban J connectivity index is 1.87. The predicted molar refractivity (Wildman–Crippen MR) is 53.2 cm³/mol. The van der Waals surface area contributed by atoms with Gasteiger partial charge in [-0.1, -0.05) is 0 Å². The zero-order valence-electron chi connectivity index (χ0n) is 8.53. The van der Waals surface area contributed by atoms with E-state index in [9.17, 15) is 0 Å². The van der Waals surface area contributed by atoms with Gasteiger partial charge in [-0.3, -0.25) is 4.68 Å². The summed E-state index contributed by atoms with van der Waals surface area (Å²) in [7, 11) is 2.02. The lowest BCUT2D eigenvalue weighted by atomic mass is 10.1. The van der Waals surface area contributed by atoms with E-state index in [1.807, 2.05) is 11.7 Å². The van der Waals surface area contributed by atoms with Gasteiger partial charge in [0, 0.05) is 25.4 Å². The second-order valence-electron chi connectivity index (χ2n) is 4.42.